The summed E-state index contributed by atoms with van der Waals surface area (Å²) in [4.78, 5) is 22.2. The summed E-state index contributed by atoms with van der Waals surface area (Å²) in [6.07, 6.45) is 3.67. The molecule has 0 heterocycles. The smallest absolute Gasteiger partial charge is 0.303 e. The van der Waals surface area contributed by atoms with Crippen LogP contribution in [0.2, 0.25) is 0 Å². The zero-order valence-corrected chi connectivity index (χ0v) is 12.9. The monoisotopic (exact) mass is 291 g/mol. The van der Waals surface area contributed by atoms with E-state index in [1.54, 1.807) is 0 Å². The van der Waals surface area contributed by atoms with Gasteiger partial charge in [-0.1, -0.05) is 31.2 Å². The Hall–Kier alpha value is -1.84. The normalized spacial score (nSPS) is 11.9. The molecule has 1 rings (SSSR count). The Bertz CT molecular complexity index is 454. The largest absolute Gasteiger partial charge is 0.481 e. The molecule has 0 aromatic heterocycles. The second-order valence-electron chi connectivity index (χ2n) is 5.42. The molecular weight excluding hydrogens is 266 g/mol. The lowest BCUT2D eigenvalue weighted by Gasteiger charge is -2.13. The molecule has 0 saturated carbocycles. The van der Waals surface area contributed by atoms with Gasteiger partial charge in [0, 0.05) is 18.9 Å². The van der Waals surface area contributed by atoms with E-state index in [-0.39, 0.29) is 18.4 Å². The van der Waals surface area contributed by atoms with Gasteiger partial charge in [0.15, 0.2) is 0 Å². The Morgan fingerprint density at radius 1 is 1.14 bits per heavy atom. The minimum Gasteiger partial charge on any atom is -0.481 e. The second-order valence-corrected chi connectivity index (χ2v) is 5.42. The standard InChI is InChI=1S/C17H25NO3/c1-3-14-7-9-15(10-8-14)11-12-16(19)18-13(2)5-4-6-17(20)21/h7-10,13H,3-6,11-12H2,1-2H3,(H,18,19)(H,20,21). The van der Waals surface area contributed by atoms with Crippen molar-refractivity contribution in [1.29, 1.82) is 0 Å². The summed E-state index contributed by atoms with van der Waals surface area (Å²) in [6, 6.07) is 8.37. The highest BCUT2D eigenvalue weighted by Gasteiger charge is 2.08. The molecule has 1 atom stereocenters. The van der Waals surface area contributed by atoms with Gasteiger partial charge in [0.05, 0.1) is 0 Å². The molecule has 4 heteroatoms. The lowest BCUT2D eigenvalue weighted by molar-refractivity contribution is -0.137. The second kappa shape index (κ2) is 9.16. The van der Waals surface area contributed by atoms with Crippen LogP contribution in [-0.4, -0.2) is 23.0 Å². The summed E-state index contributed by atoms with van der Waals surface area (Å²) in [5, 5.41) is 11.5. The number of carbonyl (C=O) groups excluding carboxylic acids is 1. The molecule has 0 spiro atoms. The van der Waals surface area contributed by atoms with E-state index < -0.39 is 5.97 Å². The van der Waals surface area contributed by atoms with Crippen molar-refractivity contribution in [1.82, 2.24) is 5.32 Å². The van der Waals surface area contributed by atoms with Crippen LogP contribution in [0.3, 0.4) is 0 Å². The minimum atomic E-state index is -0.788. The van der Waals surface area contributed by atoms with Crippen LogP contribution in [0.15, 0.2) is 24.3 Å². The van der Waals surface area contributed by atoms with Crippen LogP contribution in [0.4, 0.5) is 0 Å². The van der Waals surface area contributed by atoms with Gasteiger partial charge in [-0.05, 0) is 43.7 Å². The van der Waals surface area contributed by atoms with Gasteiger partial charge in [-0.15, -0.1) is 0 Å². The van der Waals surface area contributed by atoms with E-state index >= 15 is 0 Å². The number of carboxylic acid groups (broad SMARTS) is 1. The molecule has 0 saturated heterocycles. The maximum atomic E-state index is 11.8. The molecule has 0 aliphatic carbocycles. The number of hydrogen-bond acceptors (Lipinski definition) is 2. The van der Waals surface area contributed by atoms with Crippen molar-refractivity contribution in [3.63, 3.8) is 0 Å². The summed E-state index contributed by atoms with van der Waals surface area (Å²) in [7, 11) is 0. The van der Waals surface area contributed by atoms with Crippen molar-refractivity contribution < 1.29 is 14.7 Å². The number of aryl methyl sites for hydroxylation is 2. The van der Waals surface area contributed by atoms with Crippen LogP contribution in [0.5, 0.6) is 0 Å². The van der Waals surface area contributed by atoms with E-state index in [4.69, 9.17) is 5.11 Å². The summed E-state index contributed by atoms with van der Waals surface area (Å²) in [5.74, 6) is -0.763. The summed E-state index contributed by atoms with van der Waals surface area (Å²) in [5.41, 5.74) is 2.47. The van der Waals surface area contributed by atoms with E-state index in [1.165, 1.54) is 11.1 Å². The van der Waals surface area contributed by atoms with Crippen LogP contribution >= 0.6 is 0 Å². The number of amides is 1. The molecule has 21 heavy (non-hydrogen) atoms. The van der Waals surface area contributed by atoms with Gasteiger partial charge in [-0.2, -0.15) is 0 Å². The van der Waals surface area contributed by atoms with E-state index in [0.29, 0.717) is 19.3 Å². The number of carboxylic acids is 1. The first-order chi connectivity index (χ1) is 10.0. The van der Waals surface area contributed by atoms with Gasteiger partial charge in [0.2, 0.25) is 5.91 Å². The molecular formula is C17H25NO3. The molecule has 1 unspecified atom stereocenters. The van der Waals surface area contributed by atoms with Crippen molar-refractivity contribution in [3.05, 3.63) is 35.4 Å². The molecule has 1 aromatic rings. The molecule has 4 nitrogen and oxygen atoms in total. The third-order valence-electron chi connectivity index (χ3n) is 3.51. The molecule has 2 N–H and O–H groups in total. The van der Waals surface area contributed by atoms with Crippen LogP contribution in [0.1, 0.15) is 50.7 Å². The fourth-order valence-electron chi connectivity index (χ4n) is 2.18. The summed E-state index contributed by atoms with van der Waals surface area (Å²) >= 11 is 0. The Balaban J connectivity index is 2.24. The van der Waals surface area contributed by atoms with Gasteiger partial charge >= 0.3 is 5.97 Å². The van der Waals surface area contributed by atoms with Gasteiger partial charge in [-0.25, -0.2) is 0 Å². The SMILES string of the molecule is CCc1ccc(CCC(=O)NC(C)CCCC(=O)O)cc1. The van der Waals surface area contributed by atoms with Crippen LogP contribution in [0.25, 0.3) is 0 Å². The molecule has 116 valence electrons. The minimum absolute atomic E-state index is 0.0254. The summed E-state index contributed by atoms with van der Waals surface area (Å²) < 4.78 is 0. The highest BCUT2D eigenvalue weighted by Crippen LogP contribution is 2.08. The number of hydrogen-bond donors (Lipinski definition) is 2. The predicted molar refractivity (Wildman–Crippen MR) is 83.2 cm³/mol. The van der Waals surface area contributed by atoms with Gasteiger partial charge < -0.3 is 10.4 Å². The quantitative estimate of drug-likeness (QED) is 0.735. The average molecular weight is 291 g/mol. The Morgan fingerprint density at radius 3 is 2.33 bits per heavy atom. The maximum absolute atomic E-state index is 11.8. The van der Waals surface area contributed by atoms with E-state index in [1.807, 2.05) is 6.92 Å². The Morgan fingerprint density at radius 2 is 1.76 bits per heavy atom. The highest BCUT2D eigenvalue weighted by molar-refractivity contribution is 5.76. The lowest BCUT2D eigenvalue weighted by Crippen LogP contribution is -2.32. The highest BCUT2D eigenvalue weighted by atomic mass is 16.4. The zero-order valence-electron chi connectivity index (χ0n) is 12.9. The number of aliphatic carboxylic acids is 1. The van der Waals surface area contributed by atoms with Crippen molar-refractivity contribution in [2.24, 2.45) is 0 Å². The molecule has 0 bridgehead atoms. The topological polar surface area (TPSA) is 66.4 Å². The molecule has 0 aliphatic heterocycles. The van der Waals surface area contributed by atoms with Crippen molar-refractivity contribution in [3.8, 4) is 0 Å². The number of nitrogens with one attached hydrogen (secondary N) is 1. The van der Waals surface area contributed by atoms with Crippen LogP contribution < -0.4 is 5.32 Å². The molecule has 1 amide bonds. The first kappa shape index (κ1) is 17.2. The number of carbonyl (C=O) groups is 2. The number of rotatable bonds is 9. The van der Waals surface area contributed by atoms with Crippen molar-refractivity contribution >= 4 is 11.9 Å². The zero-order chi connectivity index (χ0) is 15.7. The molecule has 1 aromatic carbocycles. The molecule has 0 radical (unpaired) electrons. The average Bonchev–Trinajstić information content (AvgIpc) is 2.45. The van der Waals surface area contributed by atoms with Crippen LogP contribution in [-0.2, 0) is 22.4 Å². The van der Waals surface area contributed by atoms with Gasteiger partial charge in [0.1, 0.15) is 0 Å². The maximum Gasteiger partial charge on any atom is 0.303 e. The van der Waals surface area contributed by atoms with Crippen LogP contribution in [0, 0.1) is 0 Å². The van der Waals surface area contributed by atoms with E-state index in [9.17, 15) is 9.59 Å². The van der Waals surface area contributed by atoms with E-state index in [2.05, 4.69) is 36.5 Å². The first-order valence-corrected chi connectivity index (χ1v) is 7.60. The van der Waals surface area contributed by atoms with E-state index in [0.717, 1.165) is 12.8 Å². The van der Waals surface area contributed by atoms with Crippen molar-refractivity contribution in [2.45, 2.75) is 58.4 Å². The Kier molecular flexibility index (Phi) is 7.51. The molecule has 0 aliphatic rings. The van der Waals surface area contributed by atoms with Crippen molar-refractivity contribution in [2.75, 3.05) is 0 Å². The molecule has 0 fully saturated rings. The third-order valence-corrected chi connectivity index (χ3v) is 3.51. The summed E-state index contributed by atoms with van der Waals surface area (Å²) in [6.45, 7) is 4.03. The lowest BCUT2D eigenvalue weighted by atomic mass is 10.1. The van der Waals surface area contributed by atoms with Gasteiger partial charge in [0.25, 0.3) is 0 Å². The first-order valence-electron chi connectivity index (χ1n) is 7.60. The number of benzene rings is 1. The fourth-order valence-corrected chi connectivity index (χ4v) is 2.18. The third kappa shape index (κ3) is 7.49. The Labute approximate surface area is 126 Å². The van der Waals surface area contributed by atoms with Gasteiger partial charge in [-0.3, -0.25) is 9.59 Å². The predicted octanol–water partition coefficient (Wildman–Crippen LogP) is 2.94. The fraction of sp³-hybridized carbons (Fsp3) is 0.529.